The molecule has 1 aromatic heterocycles. The molecule has 278 valence electrons. The van der Waals surface area contributed by atoms with Crippen LogP contribution in [0.15, 0.2) is 206 Å². The van der Waals surface area contributed by atoms with E-state index in [2.05, 4.69) is 230 Å². The average molecular weight is 753 g/mol. The Balaban J connectivity index is 1.21. The summed E-state index contributed by atoms with van der Waals surface area (Å²) in [6.07, 6.45) is 0. The maximum Gasteiger partial charge on any atom is 0.0782 e. The van der Waals surface area contributed by atoms with Crippen molar-refractivity contribution in [2.24, 2.45) is 0 Å². The highest BCUT2D eigenvalue weighted by atomic mass is 15.2. The molecule has 0 N–H and O–H groups in total. The molecule has 11 aromatic rings. The number of nitrogens with zero attached hydrogens (tertiary/aromatic N) is 2. The van der Waals surface area contributed by atoms with Gasteiger partial charge in [-0.3, -0.25) is 0 Å². The summed E-state index contributed by atoms with van der Waals surface area (Å²) in [4.78, 5) is 2.56. The summed E-state index contributed by atoms with van der Waals surface area (Å²) in [5, 5.41) is 9.92. The van der Waals surface area contributed by atoms with Crippen molar-refractivity contribution in [2.75, 3.05) is 4.90 Å². The summed E-state index contributed by atoms with van der Waals surface area (Å²) in [5.74, 6) is 0. The van der Waals surface area contributed by atoms with Gasteiger partial charge in [-0.2, -0.15) is 0 Å². The molecule has 0 spiro atoms. The van der Waals surface area contributed by atoms with E-state index in [9.17, 15) is 0 Å². The molecule has 1 aliphatic rings. The van der Waals surface area contributed by atoms with Gasteiger partial charge in [0.2, 0.25) is 0 Å². The van der Waals surface area contributed by atoms with E-state index < -0.39 is 0 Å². The van der Waals surface area contributed by atoms with E-state index in [0.717, 1.165) is 22.7 Å². The molecule has 59 heavy (non-hydrogen) atoms. The highest BCUT2D eigenvalue weighted by Gasteiger charge is 2.37. The van der Waals surface area contributed by atoms with Gasteiger partial charge in [0.25, 0.3) is 0 Å². The van der Waals surface area contributed by atoms with Crippen LogP contribution in [-0.2, 0) is 5.41 Å². The molecule has 1 heterocycles. The van der Waals surface area contributed by atoms with Crippen LogP contribution in [0.2, 0.25) is 0 Å². The molecule has 0 bridgehead atoms. The van der Waals surface area contributed by atoms with Gasteiger partial charge < -0.3 is 9.47 Å². The summed E-state index contributed by atoms with van der Waals surface area (Å²) >= 11 is 0. The Morgan fingerprint density at radius 2 is 1.00 bits per heavy atom. The Labute approximate surface area is 343 Å². The largest absolute Gasteiger partial charge is 0.308 e. The Morgan fingerprint density at radius 3 is 1.81 bits per heavy atom. The molecule has 0 fully saturated rings. The van der Waals surface area contributed by atoms with Crippen molar-refractivity contribution in [1.82, 2.24) is 4.57 Å². The molecule has 0 saturated heterocycles. The van der Waals surface area contributed by atoms with E-state index >= 15 is 0 Å². The second-order valence-electron chi connectivity index (χ2n) is 16.5. The molecule has 0 unspecified atom stereocenters. The molecule has 10 aromatic carbocycles. The summed E-state index contributed by atoms with van der Waals surface area (Å²) in [6.45, 7) is 4.79. The first-order chi connectivity index (χ1) is 29.0. The monoisotopic (exact) mass is 752 g/mol. The summed E-state index contributed by atoms with van der Waals surface area (Å²) < 4.78 is 2.46. The maximum absolute atomic E-state index is 2.56. The molecule has 2 heteroatoms. The fourth-order valence-corrected chi connectivity index (χ4v) is 10.2. The number of benzene rings is 10. The number of para-hydroxylation sites is 3. The predicted molar refractivity (Wildman–Crippen MR) is 251 cm³/mol. The highest BCUT2D eigenvalue weighted by molar-refractivity contribution is 6.17. The lowest BCUT2D eigenvalue weighted by atomic mass is 9.81. The van der Waals surface area contributed by atoms with Gasteiger partial charge >= 0.3 is 0 Å². The second-order valence-corrected chi connectivity index (χ2v) is 16.5. The van der Waals surface area contributed by atoms with Crippen LogP contribution in [0, 0.1) is 0 Å². The third-order valence-corrected chi connectivity index (χ3v) is 12.9. The van der Waals surface area contributed by atoms with Gasteiger partial charge in [-0.15, -0.1) is 0 Å². The van der Waals surface area contributed by atoms with Crippen molar-refractivity contribution in [3.8, 4) is 27.9 Å². The van der Waals surface area contributed by atoms with E-state index in [4.69, 9.17) is 0 Å². The lowest BCUT2D eigenvalue weighted by molar-refractivity contribution is 0.661. The SMILES string of the molecule is CC1(C)c2cc(N(c3ccc4ccccc4c3-c3cccc4ccccc34)c3cccc4c5ccccc5n(-c5ccccc5)c34)ccc2-c2cc3ccccc3cc21. The molecule has 0 atom stereocenters. The topological polar surface area (TPSA) is 8.17 Å². The summed E-state index contributed by atoms with van der Waals surface area (Å²) in [7, 11) is 0. The van der Waals surface area contributed by atoms with Crippen molar-refractivity contribution < 1.29 is 0 Å². The van der Waals surface area contributed by atoms with Crippen LogP contribution >= 0.6 is 0 Å². The van der Waals surface area contributed by atoms with E-state index in [1.165, 1.54) is 87.5 Å². The first kappa shape index (κ1) is 33.7. The number of aromatic nitrogens is 1. The lowest BCUT2D eigenvalue weighted by Crippen LogP contribution is -2.17. The highest BCUT2D eigenvalue weighted by Crippen LogP contribution is 2.54. The zero-order valence-electron chi connectivity index (χ0n) is 33.0. The molecular weight excluding hydrogens is 713 g/mol. The fourth-order valence-electron chi connectivity index (χ4n) is 10.2. The van der Waals surface area contributed by atoms with Gasteiger partial charge in [-0.25, -0.2) is 0 Å². The van der Waals surface area contributed by atoms with Gasteiger partial charge in [-0.1, -0.05) is 166 Å². The molecular formula is C57H40N2. The Morgan fingerprint density at radius 1 is 0.390 bits per heavy atom. The van der Waals surface area contributed by atoms with E-state index in [-0.39, 0.29) is 5.41 Å². The normalized spacial score (nSPS) is 13.1. The minimum absolute atomic E-state index is 0.205. The van der Waals surface area contributed by atoms with Crippen LogP contribution in [0.1, 0.15) is 25.0 Å². The molecule has 2 nitrogen and oxygen atoms in total. The summed E-state index contributed by atoms with van der Waals surface area (Å²) in [6, 6.07) is 76.4. The molecule has 0 radical (unpaired) electrons. The van der Waals surface area contributed by atoms with Crippen molar-refractivity contribution in [3.63, 3.8) is 0 Å². The quantitative estimate of drug-likeness (QED) is 0.170. The third kappa shape index (κ3) is 5.00. The second kappa shape index (κ2) is 12.8. The van der Waals surface area contributed by atoms with Gasteiger partial charge in [0.05, 0.1) is 22.4 Å². The number of anilines is 3. The van der Waals surface area contributed by atoms with Gasteiger partial charge in [0.15, 0.2) is 0 Å². The Hall–Kier alpha value is -7.42. The van der Waals surface area contributed by atoms with Gasteiger partial charge in [0, 0.05) is 33.1 Å². The standard InChI is InChI=1S/C57H40N2/c1-57(2)50-35-40-19-7-6-18-39(40)34-49(50)45-32-31-42(36-51(45)57)58(54-29-15-27-48-46-25-12-13-28-52(46)59(56(48)54)41-21-4-3-5-22-41)53-33-30-38-17-9-11-24-44(38)55(53)47-26-14-20-37-16-8-10-23-43(37)47/h3-36H,1-2H3. The van der Waals surface area contributed by atoms with Crippen LogP contribution in [-0.4, -0.2) is 4.57 Å². The van der Waals surface area contributed by atoms with Crippen LogP contribution in [0.4, 0.5) is 17.1 Å². The number of fused-ring (bicyclic) bond motifs is 9. The lowest BCUT2D eigenvalue weighted by Gasteiger charge is -2.31. The number of hydrogen-bond donors (Lipinski definition) is 0. The number of hydrogen-bond acceptors (Lipinski definition) is 1. The van der Waals surface area contributed by atoms with Crippen LogP contribution in [0.3, 0.4) is 0 Å². The molecule has 0 aliphatic heterocycles. The Kier molecular flexibility index (Phi) is 7.31. The fraction of sp³-hybridized carbons (Fsp3) is 0.0526. The zero-order valence-corrected chi connectivity index (χ0v) is 33.0. The number of rotatable bonds is 5. The summed E-state index contributed by atoms with van der Waals surface area (Å²) in [5.41, 5.74) is 14.5. The van der Waals surface area contributed by atoms with E-state index in [1.54, 1.807) is 0 Å². The maximum atomic E-state index is 2.56. The molecule has 0 amide bonds. The minimum atomic E-state index is -0.205. The van der Waals surface area contributed by atoms with Crippen LogP contribution in [0.5, 0.6) is 0 Å². The minimum Gasteiger partial charge on any atom is -0.308 e. The van der Waals surface area contributed by atoms with Crippen molar-refractivity contribution in [3.05, 3.63) is 217 Å². The van der Waals surface area contributed by atoms with Gasteiger partial charge in [-0.05, 0) is 115 Å². The third-order valence-electron chi connectivity index (χ3n) is 12.9. The van der Waals surface area contributed by atoms with Crippen molar-refractivity contribution >= 4 is 71.2 Å². The van der Waals surface area contributed by atoms with E-state index in [1.807, 2.05) is 0 Å². The smallest absolute Gasteiger partial charge is 0.0782 e. The van der Waals surface area contributed by atoms with Crippen LogP contribution in [0.25, 0.3) is 82.1 Å². The first-order valence-corrected chi connectivity index (χ1v) is 20.6. The molecule has 0 saturated carbocycles. The Bertz CT molecular complexity index is 3470. The molecule has 1 aliphatic carbocycles. The van der Waals surface area contributed by atoms with Gasteiger partial charge in [0.1, 0.15) is 0 Å². The van der Waals surface area contributed by atoms with Crippen LogP contribution < -0.4 is 4.90 Å². The van der Waals surface area contributed by atoms with E-state index in [0.29, 0.717) is 0 Å². The first-order valence-electron chi connectivity index (χ1n) is 20.6. The molecule has 12 rings (SSSR count). The average Bonchev–Trinajstić information content (AvgIpc) is 3.74. The zero-order chi connectivity index (χ0) is 39.2. The predicted octanol–water partition coefficient (Wildman–Crippen LogP) is 15.7. The van der Waals surface area contributed by atoms with Crippen molar-refractivity contribution in [2.45, 2.75) is 19.3 Å². The van der Waals surface area contributed by atoms with Crippen molar-refractivity contribution in [1.29, 1.82) is 0 Å².